The SMILES string of the molecule is CC(c1ccc(Br)cc1)N1CCNCC1C(=O)N(C)C. The highest BCUT2D eigenvalue weighted by atomic mass is 79.9. The van der Waals surface area contributed by atoms with E-state index in [-0.39, 0.29) is 18.0 Å². The molecule has 1 aliphatic rings. The van der Waals surface area contributed by atoms with Gasteiger partial charge in [-0.25, -0.2) is 0 Å². The number of carbonyl (C=O) groups is 1. The third kappa shape index (κ3) is 3.40. The fourth-order valence-corrected chi connectivity index (χ4v) is 2.91. The fraction of sp³-hybridized carbons (Fsp3) is 0.533. The maximum atomic E-state index is 12.3. The van der Waals surface area contributed by atoms with Crippen LogP contribution in [0.5, 0.6) is 0 Å². The van der Waals surface area contributed by atoms with Crippen LogP contribution < -0.4 is 5.32 Å². The van der Waals surface area contributed by atoms with Crippen molar-refractivity contribution < 1.29 is 4.79 Å². The van der Waals surface area contributed by atoms with E-state index in [2.05, 4.69) is 57.3 Å². The van der Waals surface area contributed by atoms with Gasteiger partial charge in [0.1, 0.15) is 6.04 Å². The number of amides is 1. The van der Waals surface area contributed by atoms with Crippen molar-refractivity contribution in [3.8, 4) is 0 Å². The number of halogens is 1. The van der Waals surface area contributed by atoms with Gasteiger partial charge in [0.05, 0.1) is 0 Å². The Morgan fingerprint density at radius 1 is 1.40 bits per heavy atom. The van der Waals surface area contributed by atoms with Gasteiger partial charge in [-0.15, -0.1) is 0 Å². The molecule has 20 heavy (non-hydrogen) atoms. The summed E-state index contributed by atoms with van der Waals surface area (Å²) in [5.74, 6) is 0.168. The van der Waals surface area contributed by atoms with Crippen LogP contribution in [0.15, 0.2) is 28.7 Å². The smallest absolute Gasteiger partial charge is 0.240 e. The number of carbonyl (C=O) groups excluding carboxylic acids is 1. The van der Waals surface area contributed by atoms with Crippen molar-refractivity contribution in [2.24, 2.45) is 0 Å². The zero-order valence-electron chi connectivity index (χ0n) is 12.3. The topological polar surface area (TPSA) is 35.6 Å². The highest BCUT2D eigenvalue weighted by Gasteiger charge is 2.33. The second kappa shape index (κ2) is 6.70. The second-order valence-electron chi connectivity index (χ2n) is 5.42. The molecule has 0 spiro atoms. The molecule has 0 bridgehead atoms. The van der Waals surface area contributed by atoms with Gasteiger partial charge in [0.2, 0.25) is 5.91 Å². The predicted molar refractivity (Wildman–Crippen MR) is 84.6 cm³/mol. The van der Waals surface area contributed by atoms with Crippen molar-refractivity contribution in [1.29, 1.82) is 0 Å². The first-order chi connectivity index (χ1) is 9.50. The zero-order chi connectivity index (χ0) is 14.7. The maximum Gasteiger partial charge on any atom is 0.240 e. The highest BCUT2D eigenvalue weighted by Crippen LogP contribution is 2.25. The number of piperazine rings is 1. The Labute approximate surface area is 129 Å². The molecular weight excluding hydrogens is 318 g/mol. The molecule has 1 saturated heterocycles. The minimum Gasteiger partial charge on any atom is -0.347 e. The molecule has 2 rings (SSSR count). The van der Waals surface area contributed by atoms with E-state index < -0.39 is 0 Å². The molecule has 4 nitrogen and oxygen atoms in total. The molecule has 5 heteroatoms. The number of benzene rings is 1. The summed E-state index contributed by atoms with van der Waals surface area (Å²) in [6, 6.07) is 8.49. The average Bonchev–Trinajstić information content (AvgIpc) is 2.46. The molecular formula is C15H22BrN3O. The molecule has 1 aromatic carbocycles. The number of nitrogens with one attached hydrogen (secondary N) is 1. The van der Waals surface area contributed by atoms with E-state index >= 15 is 0 Å². The molecule has 0 aromatic heterocycles. The van der Waals surface area contributed by atoms with Crippen molar-refractivity contribution in [2.75, 3.05) is 33.7 Å². The summed E-state index contributed by atoms with van der Waals surface area (Å²) in [6.45, 7) is 4.71. The summed E-state index contributed by atoms with van der Waals surface area (Å²) >= 11 is 3.46. The first-order valence-electron chi connectivity index (χ1n) is 6.94. The lowest BCUT2D eigenvalue weighted by molar-refractivity contribution is -0.136. The van der Waals surface area contributed by atoms with Gasteiger partial charge in [0.25, 0.3) is 0 Å². The third-order valence-electron chi connectivity index (χ3n) is 3.86. The molecule has 1 fully saturated rings. The van der Waals surface area contributed by atoms with Crippen molar-refractivity contribution in [3.63, 3.8) is 0 Å². The van der Waals surface area contributed by atoms with E-state index in [1.165, 1.54) is 5.56 Å². The van der Waals surface area contributed by atoms with Crippen molar-refractivity contribution in [3.05, 3.63) is 34.3 Å². The molecule has 0 saturated carbocycles. The molecule has 0 radical (unpaired) electrons. The van der Waals surface area contributed by atoms with Crippen LogP contribution in [0.3, 0.4) is 0 Å². The minimum atomic E-state index is -0.0857. The van der Waals surface area contributed by atoms with E-state index in [1.54, 1.807) is 4.90 Å². The molecule has 2 atom stereocenters. The highest BCUT2D eigenvalue weighted by molar-refractivity contribution is 9.10. The number of nitrogens with zero attached hydrogens (tertiary/aromatic N) is 2. The molecule has 0 aliphatic carbocycles. The van der Waals surface area contributed by atoms with Crippen LogP contribution >= 0.6 is 15.9 Å². The van der Waals surface area contributed by atoms with Gasteiger partial charge in [-0.2, -0.15) is 0 Å². The molecule has 1 amide bonds. The summed E-state index contributed by atoms with van der Waals surface area (Å²) in [4.78, 5) is 16.3. The Bertz CT molecular complexity index is 461. The summed E-state index contributed by atoms with van der Waals surface area (Å²) in [5.41, 5.74) is 1.24. The molecule has 2 unspecified atom stereocenters. The summed E-state index contributed by atoms with van der Waals surface area (Å²) < 4.78 is 1.08. The van der Waals surface area contributed by atoms with E-state index in [0.29, 0.717) is 0 Å². The molecule has 1 heterocycles. The Morgan fingerprint density at radius 3 is 2.65 bits per heavy atom. The first-order valence-corrected chi connectivity index (χ1v) is 7.73. The summed E-state index contributed by atoms with van der Waals surface area (Å²) in [5, 5.41) is 3.32. The molecule has 1 aromatic rings. The van der Waals surface area contributed by atoms with Gasteiger partial charge in [0.15, 0.2) is 0 Å². The van der Waals surface area contributed by atoms with Gasteiger partial charge in [-0.3, -0.25) is 9.69 Å². The van der Waals surface area contributed by atoms with Crippen LogP contribution in [0, 0.1) is 0 Å². The van der Waals surface area contributed by atoms with Crippen molar-refractivity contribution >= 4 is 21.8 Å². The summed E-state index contributed by atoms with van der Waals surface area (Å²) in [7, 11) is 3.64. The lowest BCUT2D eigenvalue weighted by Crippen LogP contribution is -2.58. The Morgan fingerprint density at radius 2 is 2.05 bits per heavy atom. The van der Waals surface area contributed by atoms with Gasteiger partial charge in [0, 0.05) is 44.2 Å². The van der Waals surface area contributed by atoms with E-state index in [4.69, 9.17) is 0 Å². The first kappa shape index (κ1) is 15.5. The molecule has 1 N–H and O–H groups in total. The van der Waals surface area contributed by atoms with Crippen LogP contribution in [-0.2, 0) is 4.79 Å². The standard InChI is InChI=1S/C15H22BrN3O/c1-11(12-4-6-13(16)7-5-12)19-9-8-17-10-14(19)15(20)18(2)3/h4-7,11,14,17H,8-10H2,1-3H3. The van der Waals surface area contributed by atoms with E-state index in [9.17, 15) is 4.79 Å². The summed E-state index contributed by atoms with van der Waals surface area (Å²) in [6.07, 6.45) is 0. The number of hydrogen-bond donors (Lipinski definition) is 1. The number of rotatable bonds is 3. The van der Waals surface area contributed by atoms with Gasteiger partial charge >= 0.3 is 0 Å². The normalized spacial score (nSPS) is 21.5. The fourth-order valence-electron chi connectivity index (χ4n) is 2.64. The quantitative estimate of drug-likeness (QED) is 0.913. The zero-order valence-corrected chi connectivity index (χ0v) is 13.9. The van der Waals surface area contributed by atoms with Gasteiger partial charge < -0.3 is 10.2 Å². The van der Waals surface area contributed by atoms with Crippen LogP contribution in [0.4, 0.5) is 0 Å². The van der Waals surface area contributed by atoms with Crippen LogP contribution in [0.25, 0.3) is 0 Å². The second-order valence-corrected chi connectivity index (χ2v) is 6.33. The van der Waals surface area contributed by atoms with Crippen molar-refractivity contribution in [1.82, 2.24) is 15.1 Å². The lowest BCUT2D eigenvalue weighted by Gasteiger charge is -2.40. The van der Waals surface area contributed by atoms with Gasteiger partial charge in [-0.1, -0.05) is 28.1 Å². The average molecular weight is 340 g/mol. The molecule has 1 aliphatic heterocycles. The lowest BCUT2D eigenvalue weighted by atomic mass is 10.0. The maximum absolute atomic E-state index is 12.3. The predicted octanol–water partition coefficient (Wildman–Crippen LogP) is 1.87. The Kier molecular flexibility index (Phi) is 5.18. The van der Waals surface area contributed by atoms with Crippen LogP contribution in [-0.4, -0.2) is 55.5 Å². The van der Waals surface area contributed by atoms with Crippen molar-refractivity contribution in [2.45, 2.75) is 19.0 Å². The van der Waals surface area contributed by atoms with Crippen LogP contribution in [0.2, 0.25) is 0 Å². The van der Waals surface area contributed by atoms with E-state index in [1.807, 2.05) is 14.1 Å². The number of likely N-dealkylation sites (N-methyl/N-ethyl adjacent to an activating group) is 1. The third-order valence-corrected chi connectivity index (χ3v) is 4.39. The minimum absolute atomic E-state index is 0.0857. The van der Waals surface area contributed by atoms with E-state index in [0.717, 1.165) is 24.1 Å². The Hall–Kier alpha value is -0.910. The largest absolute Gasteiger partial charge is 0.347 e. The molecule has 110 valence electrons. The van der Waals surface area contributed by atoms with Crippen LogP contribution in [0.1, 0.15) is 18.5 Å². The van der Waals surface area contributed by atoms with Gasteiger partial charge in [-0.05, 0) is 24.6 Å². The Balaban J connectivity index is 2.18. The monoisotopic (exact) mass is 339 g/mol. The number of hydrogen-bond acceptors (Lipinski definition) is 3.